The number of piperidine rings is 1. The van der Waals surface area contributed by atoms with Gasteiger partial charge in [-0.2, -0.15) is 13.2 Å². The molecule has 1 heterocycles. The molecule has 0 aromatic heterocycles. The highest BCUT2D eigenvalue weighted by atomic mass is 35.5. The first-order valence-electron chi connectivity index (χ1n) is 9.91. The van der Waals surface area contributed by atoms with Crippen LogP contribution in [0, 0.1) is 17.6 Å². The molecule has 2 atom stereocenters. The second-order valence-corrected chi connectivity index (χ2v) is 11.5. The molecule has 0 radical (unpaired) electrons. The van der Waals surface area contributed by atoms with Crippen LogP contribution in [0.3, 0.4) is 0 Å². The SMILES string of the molecule is CC(C)(C)[S@@](=O)NC(c1ccc(F)c(Cl)c1F)C1CCN(C2(C(F)(F)F)CC2)CC1. The number of benzene rings is 1. The van der Waals surface area contributed by atoms with Crippen molar-refractivity contribution < 1.29 is 26.2 Å². The molecule has 1 saturated carbocycles. The Morgan fingerprint density at radius 2 is 1.73 bits per heavy atom. The fourth-order valence-electron chi connectivity index (χ4n) is 4.04. The molecule has 3 rings (SSSR count). The van der Waals surface area contributed by atoms with E-state index >= 15 is 0 Å². The summed E-state index contributed by atoms with van der Waals surface area (Å²) in [6, 6.07) is 1.55. The normalized spacial score (nSPS) is 22.7. The van der Waals surface area contributed by atoms with Gasteiger partial charge in [0, 0.05) is 5.56 Å². The highest BCUT2D eigenvalue weighted by Crippen LogP contribution is 2.54. The van der Waals surface area contributed by atoms with Gasteiger partial charge >= 0.3 is 6.18 Å². The Morgan fingerprint density at radius 1 is 1.17 bits per heavy atom. The number of alkyl halides is 3. The number of hydrogen-bond acceptors (Lipinski definition) is 2. The van der Waals surface area contributed by atoms with Crippen molar-refractivity contribution >= 4 is 22.6 Å². The fraction of sp³-hybridized carbons (Fsp3) is 0.700. The van der Waals surface area contributed by atoms with E-state index in [9.17, 15) is 26.2 Å². The van der Waals surface area contributed by atoms with E-state index in [0.717, 1.165) is 6.07 Å². The van der Waals surface area contributed by atoms with Crippen molar-refractivity contribution in [3.63, 3.8) is 0 Å². The summed E-state index contributed by atoms with van der Waals surface area (Å²) >= 11 is 5.75. The molecule has 1 N–H and O–H groups in total. The first-order chi connectivity index (χ1) is 13.8. The van der Waals surface area contributed by atoms with Gasteiger partial charge in [0.1, 0.15) is 22.2 Å². The minimum absolute atomic E-state index is 0.0782. The predicted octanol–water partition coefficient (Wildman–Crippen LogP) is 5.52. The quantitative estimate of drug-likeness (QED) is 0.452. The van der Waals surface area contributed by atoms with Gasteiger partial charge < -0.3 is 0 Å². The van der Waals surface area contributed by atoms with Crippen LogP contribution in [0.1, 0.15) is 58.1 Å². The summed E-state index contributed by atoms with van der Waals surface area (Å²) < 4.78 is 83.8. The number of hydrogen-bond donors (Lipinski definition) is 1. The summed E-state index contributed by atoms with van der Waals surface area (Å²) in [6.07, 6.45) is -3.35. The van der Waals surface area contributed by atoms with E-state index in [-0.39, 0.29) is 37.4 Å². The topological polar surface area (TPSA) is 32.3 Å². The van der Waals surface area contributed by atoms with Crippen molar-refractivity contribution in [3.8, 4) is 0 Å². The van der Waals surface area contributed by atoms with Crippen LogP contribution in [0.15, 0.2) is 12.1 Å². The van der Waals surface area contributed by atoms with Gasteiger partial charge in [-0.15, -0.1) is 0 Å². The molecular formula is C20H26ClF5N2OS. The maximum absolute atomic E-state index is 14.8. The van der Waals surface area contributed by atoms with E-state index < -0.39 is 50.1 Å². The first kappa shape index (κ1) is 23.9. The van der Waals surface area contributed by atoms with Crippen LogP contribution in [0.4, 0.5) is 22.0 Å². The summed E-state index contributed by atoms with van der Waals surface area (Å²) in [5, 5.41) is -0.646. The van der Waals surface area contributed by atoms with Crippen LogP contribution in [0.2, 0.25) is 5.02 Å². The van der Waals surface area contributed by atoms with Gasteiger partial charge in [-0.25, -0.2) is 17.7 Å². The molecule has 0 spiro atoms. The summed E-state index contributed by atoms with van der Waals surface area (Å²) in [5.41, 5.74) is -1.66. The second kappa shape index (κ2) is 8.30. The summed E-state index contributed by atoms with van der Waals surface area (Å²) in [6.45, 7) is 5.68. The van der Waals surface area contributed by atoms with Gasteiger partial charge in [0.2, 0.25) is 0 Å². The van der Waals surface area contributed by atoms with E-state index in [2.05, 4.69) is 4.72 Å². The van der Waals surface area contributed by atoms with Gasteiger partial charge in [-0.3, -0.25) is 4.90 Å². The summed E-state index contributed by atoms with van der Waals surface area (Å²) in [7, 11) is -1.56. The van der Waals surface area contributed by atoms with Crippen LogP contribution < -0.4 is 4.72 Å². The minimum Gasteiger partial charge on any atom is -0.290 e. The second-order valence-electron chi connectivity index (χ2n) is 9.10. The zero-order valence-corrected chi connectivity index (χ0v) is 18.7. The fourth-order valence-corrected chi connectivity index (χ4v) is 5.12. The van der Waals surface area contributed by atoms with Crippen molar-refractivity contribution in [2.24, 2.45) is 5.92 Å². The average Bonchev–Trinajstić information content (AvgIpc) is 3.46. The molecule has 10 heteroatoms. The van der Waals surface area contributed by atoms with Gasteiger partial charge in [0.15, 0.2) is 0 Å². The predicted molar refractivity (Wildman–Crippen MR) is 107 cm³/mol. The molecule has 0 amide bonds. The van der Waals surface area contributed by atoms with E-state index in [1.807, 2.05) is 0 Å². The number of rotatable bonds is 5. The standard InChI is InChI=1S/C20H26ClF5N2OS/c1-18(2,3)30(29)27-17(13-4-5-14(22)15(21)16(13)23)12-6-10-28(11-7-12)19(8-9-19)20(24,25)26/h4-5,12,17,27H,6-11H2,1-3H3/t17?,30-/m1/s1. The zero-order valence-electron chi connectivity index (χ0n) is 17.1. The molecule has 2 aliphatic rings. The van der Waals surface area contributed by atoms with Crippen LogP contribution >= 0.6 is 11.6 Å². The van der Waals surface area contributed by atoms with Crippen molar-refractivity contribution in [1.29, 1.82) is 0 Å². The van der Waals surface area contributed by atoms with Gasteiger partial charge in [0.25, 0.3) is 0 Å². The first-order valence-corrected chi connectivity index (χ1v) is 11.4. The highest BCUT2D eigenvalue weighted by Gasteiger charge is 2.66. The average molecular weight is 473 g/mol. The molecule has 1 saturated heterocycles. The molecule has 170 valence electrons. The Labute approximate surface area is 180 Å². The van der Waals surface area contributed by atoms with Crippen LogP contribution in [0.25, 0.3) is 0 Å². The number of nitrogens with zero attached hydrogens (tertiary/aromatic N) is 1. The lowest BCUT2D eigenvalue weighted by Gasteiger charge is -2.41. The molecule has 0 bridgehead atoms. The third-order valence-corrected chi connectivity index (χ3v) is 7.98. The number of nitrogens with one attached hydrogen (secondary N) is 1. The lowest BCUT2D eigenvalue weighted by Crippen LogP contribution is -2.52. The van der Waals surface area contributed by atoms with Crippen LogP contribution in [0.5, 0.6) is 0 Å². The van der Waals surface area contributed by atoms with E-state index in [1.54, 1.807) is 20.8 Å². The van der Waals surface area contributed by atoms with Crippen molar-refractivity contribution in [3.05, 3.63) is 34.4 Å². The Bertz CT molecular complexity index is 815. The monoisotopic (exact) mass is 472 g/mol. The summed E-state index contributed by atoms with van der Waals surface area (Å²) in [5.74, 6) is -2.10. The lowest BCUT2D eigenvalue weighted by atomic mass is 9.85. The Kier molecular flexibility index (Phi) is 6.60. The molecule has 1 aromatic rings. The number of likely N-dealkylation sites (tertiary alicyclic amines) is 1. The maximum Gasteiger partial charge on any atom is 0.406 e. The largest absolute Gasteiger partial charge is 0.406 e. The Hall–Kier alpha value is -0.770. The van der Waals surface area contributed by atoms with Crippen molar-refractivity contribution in [1.82, 2.24) is 9.62 Å². The Morgan fingerprint density at radius 3 is 2.20 bits per heavy atom. The molecule has 1 aromatic carbocycles. The third-order valence-electron chi connectivity index (χ3n) is 6.06. The van der Waals surface area contributed by atoms with Crippen LogP contribution in [-0.2, 0) is 11.0 Å². The third kappa shape index (κ3) is 4.54. The molecule has 1 aliphatic heterocycles. The molecule has 1 unspecified atom stereocenters. The molecule has 3 nitrogen and oxygen atoms in total. The molecular weight excluding hydrogens is 447 g/mol. The smallest absolute Gasteiger partial charge is 0.290 e. The maximum atomic E-state index is 14.8. The highest BCUT2D eigenvalue weighted by molar-refractivity contribution is 7.84. The molecule has 30 heavy (non-hydrogen) atoms. The number of halogens is 6. The van der Waals surface area contributed by atoms with Crippen molar-refractivity contribution in [2.45, 2.75) is 69.0 Å². The van der Waals surface area contributed by atoms with E-state index in [0.29, 0.717) is 12.8 Å². The minimum atomic E-state index is -4.28. The molecule has 2 fully saturated rings. The summed E-state index contributed by atoms with van der Waals surface area (Å²) in [4.78, 5) is 1.47. The zero-order chi connectivity index (χ0) is 22.5. The van der Waals surface area contributed by atoms with Gasteiger partial charge in [0.05, 0.1) is 21.8 Å². The van der Waals surface area contributed by atoms with Gasteiger partial charge in [-0.1, -0.05) is 17.7 Å². The van der Waals surface area contributed by atoms with Crippen LogP contribution in [-0.4, -0.2) is 38.7 Å². The van der Waals surface area contributed by atoms with Gasteiger partial charge in [-0.05, 0) is 71.5 Å². The molecule has 1 aliphatic carbocycles. The Balaban J connectivity index is 1.84. The van der Waals surface area contributed by atoms with E-state index in [1.165, 1.54) is 11.0 Å². The lowest BCUT2D eigenvalue weighted by molar-refractivity contribution is -0.200. The van der Waals surface area contributed by atoms with E-state index in [4.69, 9.17) is 11.6 Å². The van der Waals surface area contributed by atoms with Crippen molar-refractivity contribution in [2.75, 3.05) is 13.1 Å².